The standard InChI is InChI=1S/C23H17N3O6/c1-13-3-7-16(8-4-13)25-22(28)18(21(27)24-23(25)29)12-17-9-10-20(32-17)15-6-5-14(2)19(11-15)26(30)31/h3-12H,1-2H3,(H,24,27,29)/b18-12+. The van der Waals surface area contributed by atoms with Gasteiger partial charge in [-0.25, -0.2) is 9.69 Å². The Kier molecular flexibility index (Phi) is 5.15. The number of amides is 4. The van der Waals surface area contributed by atoms with Crippen molar-refractivity contribution in [1.29, 1.82) is 0 Å². The summed E-state index contributed by atoms with van der Waals surface area (Å²) < 4.78 is 5.69. The summed E-state index contributed by atoms with van der Waals surface area (Å²) in [6.07, 6.45) is 1.23. The zero-order chi connectivity index (χ0) is 23.0. The maximum atomic E-state index is 12.9. The number of anilines is 1. The lowest BCUT2D eigenvalue weighted by Gasteiger charge is -2.26. The summed E-state index contributed by atoms with van der Waals surface area (Å²) >= 11 is 0. The van der Waals surface area contributed by atoms with E-state index in [2.05, 4.69) is 5.32 Å². The Morgan fingerprint density at radius 1 is 1.00 bits per heavy atom. The number of urea groups is 1. The molecule has 4 amide bonds. The number of barbiturate groups is 1. The average molecular weight is 431 g/mol. The molecule has 1 aromatic heterocycles. The summed E-state index contributed by atoms with van der Waals surface area (Å²) in [7, 11) is 0. The third kappa shape index (κ3) is 3.79. The van der Waals surface area contributed by atoms with Crippen LogP contribution >= 0.6 is 0 Å². The summed E-state index contributed by atoms with van der Waals surface area (Å²) in [5.41, 5.74) is 1.93. The van der Waals surface area contributed by atoms with Crippen LogP contribution < -0.4 is 10.2 Å². The van der Waals surface area contributed by atoms with E-state index >= 15 is 0 Å². The number of carbonyl (C=O) groups is 3. The number of aryl methyl sites for hydroxylation is 2. The molecule has 0 atom stereocenters. The van der Waals surface area contributed by atoms with Crippen molar-refractivity contribution in [2.24, 2.45) is 0 Å². The normalized spacial score (nSPS) is 15.2. The molecular formula is C23H17N3O6. The molecule has 9 nitrogen and oxygen atoms in total. The molecule has 2 aromatic carbocycles. The summed E-state index contributed by atoms with van der Waals surface area (Å²) in [5, 5.41) is 13.3. The number of rotatable bonds is 4. The Labute approximate surface area is 182 Å². The number of furan rings is 1. The van der Waals surface area contributed by atoms with Gasteiger partial charge in [0.1, 0.15) is 17.1 Å². The van der Waals surface area contributed by atoms with E-state index in [9.17, 15) is 24.5 Å². The van der Waals surface area contributed by atoms with Gasteiger partial charge in [0.05, 0.1) is 10.6 Å². The minimum absolute atomic E-state index is 0.0482. The monoisotopic (exact) mass is 431 g/mol. The molecule has 0 radical (unpaired) electrons. The Morgan fingerprint density at radius 3 is 2.41 bits per heavy atom. The second kappa shape index (κ2) is 7.95. The molecule has 32 heavy (non-hydrogen) atoms. The van der Waals surface area contributed by atoms with E-state index in [0.29, 0.717) is 22.6 Å². The third-order valence-electron chi connectivity index (χ3n) is 5.00. The van der Waals surface area contributed by atoms with Gasteiger partial charge in [0.2, 0.25) is 0 Å². The number of imide groups is 2. The van der Waals surface area contributed by atoms with Crippen LogP contribution in [0, 0.1) is 24.0 Å². The van der Waals surface area contributed by atoms with Gasteiger partial charge < -0.3 is 4.42 Å². The van der Waals surface area contributed by atoms with Crippen molar-refractivity contribution in [2.45, 2.75) is 13.8 Å². The topological polar surface area (TPSA) is 123 Å². The molecule has 0 spiro atoms. The average Bonchev–Trinajstić information content (AvgIpc) is 3.21. The number of carbonyl (C=O) groups excluding carboxylic acids is 3. The molecule has 1 aliphatic heterocycles. The van der Waals surface area contributed by atoms with Crippen LogP contribution in [0.1, 0.15) is 16.9 Å². The summed E-state index contributed by atoms with van der Waals surface area (Å²) in [5.74, 6) is -1.12. The largest absolute Gasteiger partial charge is 0.457 e. The first-order valence-electron chi connectivity index (χ1n) is 9.58. The second-order valence-corrected chi connectivity index (χ2v) is 7.25. The van der Waals surface area contributed by atoms with Crippen LogP contribution in [-0.2, 0) is 9.59 Å². The van der Waals surface area contributed by atoms with Crippen molar-refractivity contribution in [3.05, 3.63) is 87.2 Å². The number of nitro groups is 1. The van der Waals surface area contributed by atoms with Crippen molar-refractivity contribution < 1.29 is 23.7 Å². The van der Waals surface area contributed by atoms with Crippen molar-refractivity contribution >= 4 is 35.3 Å². The van der Waals surface area contributed by atoms with Gasteiger partial charge in [-0.1, -0.05) is 29.8 Å². The lowest BCUT2D eigenvalue weighted by atomic mass is 10.1. The van der Waals surface area contributed by atoms with E-state index in [4.69, 9.17) is 4.42 Å². The molecule has 4 rings (SSSR count). The molecule has 160 valence electrons. The van der Waals surface area contributed by atoms with Gasteiger partial charge in [0, 0.05) is 17.2 Å². The van der Waals surface area contributed by atoms with Crippen LogP contribution in [0.15, 0.2) is 64.6 Å². The van der Waals surface area contributed by atoms with Gasteiger partial charge in [0.15, 0.2) is 0 Å². The van der Waals surface area contributed by atoms with Crippen molar-refractivity contribution in [3.63, 3.8) is 0 Å². The van der Waals surface area contributed by atoms with E-state index in [1.54, 1.807) is 49.4 Å². The fourth-order valence-electron chi connectivity index (χ4n) is 3.27. The number of nitrogens with one attached hydrogen (secondary N) is 1. The lowest BCUT2D eigenvalue weighted by molar-refractivity contribution is -0.385. The molecule has 9 heteroatoms. The smallest absolute Gasteiger partial charge is 0.335 e. The van der Waals surface area contributed by atoms with Gasteiger partial charge in [-0.2, -0.15) is 0 Å². The zero-order valence-electron chi connectivity index (χ0n) is 17.1. The van der Waals surface area contributed by atoms with E-state index < -0.39 is 22.8 Å². The highest BCUT2D eigenvalue weighted by Crippen LogP contribution is 2.29. The second-order valence-electron chi connectivity index (χ2n) is 7.25. The first-order valence-corrected chi connectivity index (χ1v) is 9.58. The van der Waals surface area contributed by atoms with Crippen LogP contribution in [0.25, 0.3) is 17.4 Å². The molecule has 2 heterocycles. The Morgan fingerprint density at radius 2 is 1.72 bits per heavy atom. The van der Waals surface area contributed by atoms with E-state index in [0.717, 1.165) is 10.5 Å². The molecule has 0 bridgehead atoms. The summed E-state index contributed by atoms with van der Waals surface area (Å²) in [4.78, 5) is 49.1. The predicted molar refractivity (Wildman–Crippen MR) is 116 cm³/mol. The van der Waals surface area contributed by atoms with Gasteiger partial charge in [-0.05, 0) is 44.2 Å². The Balaban J connectivity index is 1.67. The van der Waals surface area contributed by atoms with Crippen molar-refractivity contribution in [2.75, 3.05) is 4.90 Å². The van der Waals surface area contributed by atoms with Crippen LogP contribution in [0.4, 0.5) is 16.2 Å². The first kappa shape index (κ1) is 20.7. The van der Waals surface area contributed by atoms with Gasteiger partial charge >= 0.3 is 6.03 Å². The predicted octanol–water partition coefficient (Wildman–Crippen LogP) is 4.14. The van der Waals surface area contributed by atoms with Crippen LogP contribution in [0.3, 0.4) is 0 Å². The van der Waals surface area contributed by atoms with Crippen LogP contribution in [0.5, 0.6) is 0 Å². The third-order valence-corrected chi connectivity index (χ3v) is 5.00. The molecule has 1 aliphatic rings. The molecule has 0 saturated carbocycles. The highest BCUT2D eigenvalue weighted by molar-refractivity contribution is 6.39. The number of benzene rings is 2. The minimum Gasteiger partial charge on any atom is -0.457 e. The number of nitrogens with zero attached hydrogens (tertiary/aromatic N) is 2. The minimum atomic E-state index is -0.840. The fourth-order valence-corrected chi connectivity index (χ4v) is 3.27. The highest BCUT2D eigenvalue weighted by Gasteiger charge is 2.37. The number of nitro benzene ring substituents is 1. The quantitative estimate of drug-likeness (QED) is 0.287. The van der Waals surface area contributed by atoms with E-state index in [1.807, 2.05) is 6.92 Å². The van der Waals surface area contributed by atoms with E-state index in [-0.39, 0.29) is 17.0 Å². The van der Waals surface area contributed by atoms with Crippen molar-refractivity contribution in [1.82, 2.24) is 5.32 Å². The van der Waals surface area contributed by atoms with Crippen LogP contribution in [-0.4, -0.2) is 22.8 Å². The Hall–Kier alpha value is -4.53. The summed E-state index contributed by atoms with van der Waals surface area (Å²) in [6.45, 7) is 3.50. The van der Waals surface area contributed by atoms with Crippen molar-refractivity contribution in [3.8, 4) is 11.3 Å². The first-order chi connectivity index (χ1) is 15.2. The zero-order valence-corrected chi connectivity index (χ0v) is 17.1. The highest BCUT2D eigenvalue weighted by atomic mass is 16.6. The van der Waals surface area contributed by atoms with E-state index in [1.165, 1.54) is 18.2 Å². The van der Waals surface area contributed by atoms with Gasteiger partial charge in [0.25, 0.3) is 17.5 Å². The Bertz CT molecular complexity index is 1300. The fraction of sp³-hybridized carbons (Fsp3) is 0.0870. The molecule has 3 aromatic rings. The molecule has 0 aliphatic carbocycles. The number of hydrogen-bond acceptors (Lipinski definition) is 6. The molecule has 0 unspecified atom stereocenters. The maximum Gasteiger partial charge on any atom is 0.335 e. The number of hydrogen-bond donors (Lipinski definition) is 1. The summed E-state index contributed by atoms with van der Waals surface area (Å²) in [6, 6.07) is 13.6. The van der Waals surface area contributed by atoms with Crippen LogP contribution in [0.2, 0.25) is 0 Å². The maximum absolute atomic E-state index is 12.9. The molecule has 1 saturated heterocycles. The van der Waals surface area contributed by atoms with Gasteiger partial charge in [-0.3, -0.25) is 25.0 Å². The molecule has 1 fully saturated rings. The van der Waals surface area contributed by atoms with Gasteiger partial charge in [-0.15, -0.1) is 0 Å². The SMILES string of the molecule is Cc1ccc(N2C(=O)NC(=O)/C(=C\c3ccc(-c4ccc(C)c([N+](=O)[O-])c4)o3)C2=O)cc1. The molecular weight excluding hydrogens is 414 g/mol. The molecule has 1 N–H and O–H groups in total. The lowest BCUT2D eigenvalue weighted by Crippen LogP contribution is -2.54.